The van der Waals surface area contributed by atoms with Crippen molar-refractivity contribution >= 4 is 27.5 Å². The highest BCUT2D eigenvalue weighted by molar-refractivity contribution is 7.89. The van der Waals surface area contributed by atoms with Gasteiger partial charge in [-0.25, -0.2) is 12.8 Å². The lowest BCUT2D eigenvalue weighted by molar-refractivity contribution is -0.126. The van der Waals surface area contributed by atoms with Crippen LogP contribution in [0.4, 0.5) is 4.39 Å². The van der Waals surface area contributed by atoms with E-state index in [-0.39, 0.29) is 22.4 Å². The number of nitrogens with one attached hydrogen (secondary N) is 1. The molecule has 1 spiro atoms. The fourth-order valence-corrected chi connectivity index (χ4v) is 5.32. The minimum Gasteiger partial charge on any atom is -0.354 e. The molecule has 1 amide bonds. The smallest absolute Gasteiger partial charge is 0.244 e. The van der Waals surface area contributed by atoms with E-state index in [0.717, 1.165) is 12.1 Å². The molecule has 0 aliphatic carbocycles. The first-order valence-electron chi connectivity index (χ1n) is 6.63. The van der Waals surface area contributed by atoms with Crippen LogP contribution in [0.1, 0.15) is 19.3 Å². The zero-order valence-corrected chi connectivity index (χ0v) is 12.7. The van der Waals surface area contributed by atoms with Crippen molar-refractivity contribution in [3.05, 3.63) is 29.0 Å². The molecule has 2 saturated heterocycles. The van der Waals surface area contributed by atoms with E-state index in [9.17, 15) is 17.6 Å². The summed E-state index contributed by atoms with van der Waals surface area (Å²) in [7, 11) is -3.96. The standard InChI is InChI=1S/C13H14ClFN2O3S/c14-9-6-10(15)8-11(7-9)21(19,20)17-5-1-2-13(17)3-4-16-12(13)18/h6-8H,1-5H2,(H,16,18)/t13-/m0/s1. The van der Waals surface area contributed by atoms with E-state index in [1.54, 1.807) is 0 Å². The molecular formula is C13H14ClFN2O3S. The summed E-state index contributed by atoms with van der Waals surface area (Å²) in [5, 5.41) is 2.70. The van der Waals surface area contributed by atoms with Crippen molar-refractivity contribution < 1.29 is 17.6 Å². The molecule has 2 aliphatic heterocycles. The van der Waals surface area contributed by atoms with Crippen LogP contribution in [0.5, 0.6) is 0 Å². The van der Waals surface area contributed by atoms with Crippen molar-refractivity contribution in [1.82, 2.24) is 9.62 Å². The fourth-order valence-electron chi connectivity index (χ4n) is 3.15. The summed E-state index contributed by atoms with van der Waals surface area (Å²) in [4.78, 5) is 11.9. The number of benzene rings is 1. The quantitative estimate of drug-likeness (QED) is 0.893. The number of nitrogens with zero attached hydrogens (tertiary/aromatic N) is 1. The number of carbonyl (C=O) groups is 1. The second-order valence-electron chi connectivity index (χ2n) is 5.32. The molecule has 0 unspecified atom stereocenters. The van der Waals surface area contributed by atoms with E-state index in [2.05, 4.69) is 5.32 Å². The first-order chi connectivity index (χ1) is 9.86. The van der Waals surface area contributed by atoms with Gasteiger partial charge in [0, 0.05) is 18.1 Å². The average Bonchev–Trinajstić information content (AvgIpc) is 2.98. The highest BCUT2D eigenvalue weighted by atomic mass is 35.5. The molecule has 3 rings (SSSR count). The molecule has 1 aromatic carbocycles. The largest absolute Gasteiger partial charge is 0.354 e. The third-order valence-electron chi connectivity index (χ3n) is 4.10. The number of hydrogen-bond acceptors (Lipinski definition) is 3. The zero-order valence-electron chi connectivity index (χ0n) is 11.1. The fraction of sp³-hybridized carbons (Fsp3) is 0.462. The second-order valence-corrected chi connectivity index (χ2v) is 7.62. The van der Waals surface area contributed by atoms with Crippen LogP contribution in [0.25, 0.3) is 0 Å². The maximum absolute atomic E-state index is 13.4. The molecule has 2 aliphatic rings. The summed E-state index contributed by atoms with van der Waals surface area (Å²) in [6.07, 6.45) is 1.53. The number of sulfonamides is 1. The monoisotopic (exact) mass is 332 g/mol. The van der Waals surface area contributed by atoms with Crippen LogP contribution in [-0.2, 0) is 14.8 Å². The van der Waals surface area contributed by atoms with Crippen LogP contribution in [-0.4, -0.2) is 37.3 Å². The third-order valence-corrected chi connectivity index (χ3v) is 6.26. The summed E-state index contributed by atoms with van der Waals surface area (Å²) >= 11 is 5.74. The van der Waals surface area contributed by atoms with Gasteiger partial charge in [-0.1, -0.05) is 11.6 Å². The van der Waals surface area contributed by atoms with Gasteiger partial charge < -0.3 is 5.32 Å². The van der Waals surface area contributed by atoms with Crippen molar-refractivity contribution in [2.24, 2.45) is 0 Å². The summed E-state index contributed by atoms with van der Waals surface area (Å²) in [5.41, 5.74) is -1.03. The van der Waals surface area contributed by atoms with Gasteiger partial charge in [-0.05, 0) is 37.5 Å². The molecule has 5 nitrogen and oxygen atoms in total. The minimum absolute atomic E-state index is 0.0118. The molecular weight excluding hydrogens is 319 g/mol. The average molecular weight is 333 g/mol. The Morgan fingerprint density at radius 3 is 2.67 bits per heavy atom. The van der Waals surface area contributed by atoms with Crippen molar-refractivity contribution in [2.45, 2.75) is 29.7 Å². The molecule has 0 saturated carbocycles. The van der Waals surface area contributed by atoms with Gasteiger partial charge in [0.15, 0.2) is 0 Å². The van der Waals surface area contributed by atoms with Crippen LogP contribution in [0.3, 0.4) is 0 Å². The van der Waals surface area contributed by atoms with Gasteiger partial charge in [0.1, 0.15) is 11.4 Å². The molecule has 0 radical (unpaired) electrons. The first kappa shape index (κ1) is 14.7. The van der Waals surface area contributed by atoms with Crippen LogP contribution in [0.2, 0.25) is 5.02 Å². The highest BCUT2D eigenvalue weighted by Gasteiger charge is 2.54. The Morgan fingerprint density at radius 2 is 2.05 bits per heavy atom. The summed E-state index contributed by atoms with van der Waals surface area (Å²) < 4.78 is 40.2. The van der Waals surface area contributed by atoms with Crippen LogP contribution in [0.15, 0.2) is 23.1 Å². The molecule has 2 heterocycles. The maximum atomic E-state index is 13.4. The zero-order chi connectivity index (χ0) is 15.3. The van der Waals surface area contributed by atoms with Gasteiger partial charge in [-0.3, -0.25) is 4.79 Å². The Hall–Kier alpha value is -1.18. The van der Waals surface area contributed by atoms with Crippen LogP contribution in [0, 0.1) is 5.82 Å². The molecule has 8 heteroatoms. The SMILES string of the molecule is O=C1NCC[C@@]12CCCN2S(=O)(=O)c1cc(F)cc(Cl)c1. The summed E-state index contributed by atoms with van der Waals surface area (Å²) in [5.74, 6) is -0.990. The Kier molecular flexibility index (Phi) is 3.46. The van der Waals surface area contributed by atoms with Gasteiger partial charge in [0.25, 0.3) is 0 Å². The van der Waals surface area contributed by atoms with Crippen molar-refractivity contribution in [3.63, 3.8) is 0 Å². The van der Waals surface area contributed by atoms with Crippen molar-refractivity contribution in [3.8, 4) is 0 Å². The molecule has 0 bridgehead atoms. The lowest BCUT2D eigenvalue weighted by atomic mass is 9.96. The normalized spacial score (nSPS) is 26.5. The van der Waals surface area contributed by atoms with Gasteiger partial charge in [-0.15, -0.1) is 0 Å². The number of amides is 1. The van der Waals surface area contributed by atoms with E-state index in [0.29, 0.717) is 25.8 Å². The molecule has 114 valence electrons. The molecule has 21 heavy (non-hydrogen) atoms. The number of hydrogen-bond donors (Lipinski definition) is 1. The summed E-state index contributed by atoms with van der Waals surface area (Å²) in [6, 6.07) is 3.18. The topological polar surface area (TPSA) is 66.5 Å². The molecule has 2 fully saturated rings. The van der Waals surface area contributed by atoms with Gasteiger partial charge in [-0.2, -0.15) is 4.31 Å². The predicted molar refractivity (Wildman–Crippen MR) is 74.9 cm³/mol. The van der Waals surface area contributed by atoms with Crippen LogP contribution < -0.4 is 5.32 Å². The van der Waals surface area contributed by atoms with Crippen molar-refractivity contribution in [2.75, 3.05) is 13.1 Å². The maximum Gasteiger partial charge on any atom is 0.244 e. The second kappa shape index (κ2) is 4.93. The van der Waals surface area contributed by atoms with Gasteiger partial charge in [0.2, 0.25) is 15.9 Å². The van der Waals surface area contributed by atoms with E-state index in [1.807, 2.05) is 0 Å². The number of halogens is 2. The van der Waals surface area contributed by atoms with Gasteiger partial charge >= 0.3 is 0 Å². The summed E-state index contributed by atoms with van der Waals surface area (Å²) in [6.45, 7) is 0.707. The lowest BCUT2D eigenvalue weighted by Gasteiger charge is -2.31. The van der Waals surface area contributed by atoms with E-state index in [4.69, 9.17) is 11.6 Å². The third kappa shape index (κ3) is 2.23. The lowest BCUT2D eigenvalue weighted by Crippen LogP contribution is -2.52. The van der Waals surface area contributed by atoms with E-state index < -0.39 is 21.4 Å². The Morgan fingerprint density at radius 1 is 1.29 bits per heavy atom. The van der Waals surface area contributed by atoms with Crippen LogP contribution >= 0.6 is 11.6 Å². The van der Waals surface area contributed by atoms with Crippen molar-refractivity contribution in [1.29, 1.82) is 0 Å². The Bertz CT molecular complexity index is 685. The number of carbonyl (C=O) groups excluding carboxylic acids is 1. The molecule has 1 atom stereocenters. The number of rotatable bonds is 2. The highest BCUT2D eigenvalue weighted by Crippen LogP contribution is 2.39. The first-order valence-corrected chi connectivity index (χ1v) is 8.45. The molecule has 1 N–H and O–H groups in total. The predicted octanol–water partition coefficient (Wildman–Crippen LogP) is 1.52. The Labute approximate surface area is 127 Å². The van der Waals surface area contributed by atoms with E-state index in [1.165, 1.54) is 10.4 Å². The Balaban J connectivity index is 2.07. The van der Waals surface area contributed by atoms with E-state index >= 15 is 0 Å². The molecule has 0 aromatic heterocycles. The minimum atomic E-state index is -3.96. The molecule has 1 aromatic rings. The van der Waals surface area contributed by atoms with Gasteiger partial charge in [0.05, 0.1) is 4.90 Å².